The number of hydrogen-bond donors (Lipinski definition) is 1. The van der Waals surface area contributed by atoms with E-state index in [1.807, 2.05) is 11.8 Å². The maximum Gasteiger partial charge on any atom is 0.147 e. The molecule has 0 amide bonds. The number of aromatic nitrogens is 3. The third-order valence-corrected chi connectivity index (χ3v) is 4.62. The Kier molecular flexibility index (Phi) is 2.44. The van der Waals surface area contributed by atoms with Crippen LogP contribution in [0, 0.1) is 0 Å². The monoisotopic (exact) mass is 224 g/mol. The van der Waals surface area contributed by atoms with Crippen LogP contribution in [0.2, 0.25) is 0 Å². The lowest BCUT2D eigenvalue weighted by Crippen LogP contribution is -2.27. The van der Waals surface area contributed by atoms with Crippen molar-refractivity contribution in [2.75, 3.05) is 5.75 Å². The molecule has 1 aromatic rings. The van der Waals surface area contributed by atoms with Crippen molar-refractivity contribution in [1.82, 2.24) is 14.8 Å². The first kappa shape index (κ1) is 9.66. The smallest absolute Gasteiger partial charge is 0.147 e. The molecule has 4 nitrogen and oxygen atoms in total. The highest BCUT2D eigenvalue weighted by atomic mass is 32.2. The summed E-state index contributed by atoms with van der Waals surface area (Å²) in [5.41, 5.74) is 6.13. The predicted molar refractivity (Wildman–Crippen MR) is 60.6 cm³/mol. The first-order valence-electron chi connectivity index (χ1n) is 5.67. The second kappa shape index (κ2) is 3.79. The van der Waals surface area contributed by atoms with Crippen LogP contribution in [-0.2, 0) is 6.42 Å². The summed E-state index contributed by atoms with van der Waals surface area (Å²) in [6.45, 7) is 0. The van der Waals surface area contributed by atoms with Gasteiger partial charge in [-0.3, -0.25) is 4.57 Å². The van der Waals surface area contributed by atoms with E-state index in [-0.39, 0.29) is 6.17 Å². The highest BCUT2D eigenvalue weighted by Crippen LogP contribution is 2.40. The highest BCUT2D eigenvalue weighted by molar-refractivity contribution is 7.99. The molecule has 2 aliphatic heterocycles. The van der Waals surface area contributed by atoms with Gasteiger partial charge in [-0.15, -0.1) is 10.2 Å². The van der Waals surface area contributed by atoms with E-state index in [2.05, 4.69) is 14.8 Å². The van der Waals surface area contributed by atoms with Gasteiger partial charge in [-0.05, 0) is 31.4 Å². The van der Waals surface area contributed by atoms with Gasteiger partial charge in [0.05, 0.1) is 11.4 Å². The second-order valence-electron chi connectivity index (χ2n) is 4.31. The summed E-state index contributed by atoms with van der Waals surface area (Å²) in [6, 6.07) is 0. The first-order chi connectivity index (χ1) is 7.36. The van der Waals surface area contributed by atoms with Gasteiger partial charge in [0.15, 0.2) is 0 Å². The summed E-state index contributed by atoms with van der Waals surface area (Å²) in [5.74, 6) is 3.47. The minimum atomic E-state index is 0.111. The zero-order chi connectivity index (χ0) is 10.3. The summed E-state index contributed by atoms with van der Waals surface area (Å²) in [4.78, 5) is 0. The van der Waals surface area contributed by atoms with Gasteiger partial charge < -0.3 is 5.73 Å². The molecule has 0 aromatic carbocycles. The summed E-state index contributed by atoms with van der Waals surface area (Å²) in [5, 5.41) is 9.15. The molecule has 1 saturated heterocycles. The summed E-state index contributed by atoms with van der Waals surface area (Å²) in [6.07, 6.45) is 5.90. The van der Waals surface area contributed by atoms with E-state index < -0.39 is 0 Å². The van der Waals surface area contributed by atoms with Crippen molar-refractivity contribution in [3.63, 3.8) is 0 Å². The molecule has 15 heavy (non-hydrogen) atoms. The fourth-order valence-corrected chi connectivity index (χ4v) is 3.73. The molecule has 2 atom stereocenters. The molecule has 0 bridgehead atoms. The Hall–Kier alpha value is -0.550. The highest BCUT2D eigenvalue weighted by Gasteiger charge is 2.28. The number of fused-ring (bicyclic) bond motifs is 1. The van der Waals surface area contributed by atoms with Crippen molar-refractivity contribution in [3.05, 3.63) is 11.6 Å². The first-order valence-corrected chi connectivity index (χ1v) is 6.72. The van der Waals surface area contributed by atoms with Crippen LogP contribution in [0.15, 0.2) is 0 Å². The number of hydrogen-bond acceptors (Lipinski definition) is 4. The van der Waals surface area contributed by atoms with E-state index >= 15 is 0 Å². The van der Waals surface area contributed by atoms with Crippen molar-refractivity contribution < 1.29 is 0 Å². The minimum Gasteiger partial charge on any atom is -0.311 e. The fourth-order valence-electron chi connectivity index (χ4n) is 2.47. The SMILES string of the molecule is NC1CCCc2nnc(C3CCCS3)n21. The van der Waals surface area contributed by atoms with E-state index in [0.717, 1.165) is 30.9 Å². The van der Waals surface area contributed by atoms with Crippen molar-refractivity contribution in [2.45, 2.75) is 43.5 Å². The van der Waals surface area contributed by atoms with E-state index in [1.165, 1.54) is 18.6 Å². The van der Waals surface area contributed by atoms with Gasteiger partial charge in [0.25, 0.3) is 0 Å². The maximum atomic E-state index is 6.13. The Balaban J connectivity index is 1.97. The number of thioether (sulfide) groups is 1. The molecule has 3 heterocycles. The van der Waals surface area contributed by atoms with Crippen LogP contribution >= 0.6 is 11.8 Å². The zero-order valence-electron chi connectivity index (χ0n) is 8.72. The number of aryl methyl sites for hydroxylation is 1. The number of nitrogens with two attached hydrogens (primary N) is 1. The topological polar surface area (TPSA) is 56.7 Å². The summed E-state index contributed by atoms with van der Waals surface area (Å²) >= 11 is 2.00. The van der Waals surface area contributed by atoms with Gasteiger partial charge in [-0.1, -0.05) is 0 Å². The van der Waals surface area contributed by atoms with Gasteiger partial charge in [-0.2, -0.15) is 11.8 Å². The van der Waals surface area contributed by atoms with E-state index in [1.54, 1.807) is 0 Å². The predicted octanol–water partition coefficient (Wildman–Crippen LogP) is 1.64. The lowest BCUT2D eigenvalue weighted by atomic mass is 10.1. The largest absolute Gasteiger partial charge is 0.311 e. The molecule has 2 N–H and O–H groups in total. The number of rotatable bonds is 1. The van der Waals surface area contributed by atoms with Crippen molar-refractivity contribution >= 4 is 11.8 Å². The van der Waals surface area contributed by atoms with Crippen molar-refractivity contribution in [3.8, 4) is 0 Å². The molecule has 0 aliphatic carbocycles. The molecule has 0 spiro atoms. The van der Waals surface area contributed by atoms with E-state index in [0.29, 0.717) is 5.25 Å². The molecule has 0 saturated carbocycles. The van der Waals surface area contributed by atoms with Crippen LogP contribution in [-0.4, -0.2) is 20.5 Å². The number of nitrogens with zero attached hydrogens (tertiary/aromatic N) is 3. The van der Waals surface area contributed by atoms with Gasteiger partial charge in [-0.25, -0.2) is 0 Å². The Morgan fingerprint density at radius 1 is 1.27 bits per heavy atom. The molecule has 2 unspecified atom stereocenters. The Bertz CT molecular complexity index is 356. The van der Waals surface area contributed by atoms with Crippen LogP contribution < -0.4 is 5.73 Å². The molecule has 82 valence electrons. The van der Waals surface area contributed by atoms with Crippen LogP contribution in [0.25, 0.3) is 0 Å². The maximum absolute atomic E-state index is 6.13. The van der Waals surface area contributed by atoms with Crippen LogP contribution in [0.1, 0.15) is 48.7 Å². The average Bonchev–Trinajstić information content (AvgIpc) is 2.85. The Morgan fingerprint density at radius 2 is 2.20 bits per heavy atom. The molecular formula is C10H16N4S. The van der Waals surface area contributed by atoms with Crippen LogP contribution in [0.5, 0.6) is 0 Å². The summed E-state index contributed by atoms with van der Waals surface area (Å²) < 4.78 is 2.19. The van der Waals surface area contributed by atoms with E-state index in [4.69, 9.17) is 5.73 Å². The molecule has 3 rings (SSSR count). The Morgan fingerprint density at radius 3 is 3.00 bits per heavy atom. The van der Waals surface area contributed by atoms with Gasteiger partial charge >= 0.3 is 0 Å². The molecule has 2 aliphatic rings. The second-order valence-corrected chi connectivity index (χ2v) is 5.62. The molecular weight excluding hydrogens is 208 g/mol. The van der Waals surface area contributed by atoms with Crippen molar-refractivity contribution in [2.24, 2.45) is 5.73 Å². The lowest BCUT2D eigenvalue weighted by Gasteiger charge is -2.23. The van der Waals surface area contributed by atoms with Gasteiger partial charge in [0.2, 0.25) is 0 Å². The van der Waals surface area contributed by atoms with Crippen LogP contribution in [0.3, 0.4) is 0 Å². The fraction of sp³-hybridized carbons (Fsp3) is 0.800. The third kappa shape index (κ3) is 1.58. The standard InChI is InChI=1S/C10H16N4S/c11-8-4-1-5-9-12-13-10(14(8)9)7-3-2-6-15-7/h7-8H,1-6,11H2. The van der Waals surface area contributed by atoms with Gasteiger partial charge in [0, 0.05) is 6.42 Å². The Labute approximate surface area is 93.6 Å². The van der Waals surface area contributed by atoms with E-state index in [9.17, 15) is 0 Å². The molecule has 0 radical (unpaired) electrons. The quantitative estimate of drug-likeness (QED) is 0.788. The summed E-state index contributed by atoms with van der Waals surface area (Å²) in [7, 11) is 0. The van der Waals surface area contributed by atoms with Crippen LogP contribution in [0.4, 0.5) is 0 Å². The molecule has 1 fully saturated rings. The average molecular weight is 224 g/mol. The third-order valence-electron chi connectivity index (χ3n) is 3.24. The lowest BCUT2D eigenvalue weighted by molar-refractivity contribution is 0.395. The minimum absolute atomic E-state index is 0.111. The van der Waals surface area contributed by atoms with Crippen molar-refractivity contribution in [1.29, 1.82) is 0 Å². The zero-order valence-corrected chi connectivity index (χ0v) is 9.54. The molecule has 5 heteroatoms. The molecule has 1 aromatic heterocycles. The van der Waals surface area contributed by atoms with Gasteiger partial charge in [0.1, 0.15) is 11.6 Å². The normalized spacial score (nSPS) is 30.5.